The molecule has 1 aromatic heterocycles. The molecule has 0 bridgehead atoms. The molecule has 1 aromatic carbocycles. The Morgan fingerprint density at radius 3 is 2.80 bits per heavy atom. The number of rotatable bonds is 5. The molecule has 128 valence electrons. The van der Waals surface area contributed by atoms with Crippen LogP contribution < -0.4 is 15.8 Å². The Kier molecular flexibility index (Phi) is 4.99. The first-order valence-electron chi connectivity index (χ1n) is 7.59. The van der Waals surface area contributed by atoms with Gasteiger partial charge in [-0.05, 0) is 12.1 Å². The number of aromatic nitrogens is 2. The van der Waals surface area contributed by atoms with Crippen LogP contribution in [0.3, 0.4) is 0 Å². The Morgan fingerprint density at radius 2 is 2.08 bits per heavy atom. The lowest BCUT2D eigenvalue weighted by Crippen LogP contribution is -2.42. The van der Waals surface area contributed by atoms with Gasteiger partial charge in [0.15, 0.2) is 0 Å². The van der Waals surface area contributed by atoms with E-state index in [1.54, 1.807) is 30.3 Å². The quantitative estimate of drug-likeness (QED) is 0.821. The highest BCUT2D eigenvalue weighted by molar-refractivity contribution is 8.00. The zero-order chi connectivity index (χ0) is 17.8. The summed E-state index contributed by atoms with van der Waals surface area (Å²) >= 11 is 1.27. The number of anilines is 2. The molecule has 1 aliphatic rings. The van der Waals surface area contributed by atoms with Crippen molar-refractivity contribution in [3.8, 4) is 0 Å². The molecule has 0 spiro atoms. The molecular formula is C17H16N4O3S. The van der Waals surface area contributed by atoms with Crippen molar-refractivity contribution in [2.24, 2.45) is 0 Å². The average molecular weight is 356 g/mol. The normalized spacial score (nSPS) is 13.3. The first kappa shape index (κ1) is 17.0. The second-order valence-corrected chi connectivity index (χ2v) is 6.33. The second kappa shape index (κ2) is 7.35. The van der Waals surface area contributed by atoms with Crippen LogP contribution in [-0.4, -0.2) is 33.9 Å². The number of nitrogens with one attached hydrogen (secondary N) is 1. The molecule has 3 rings (SSSR count). The van der Waals surface area contributed by atoms with Crippen LogP contribution in [0.1, 0.15) is 0 Å². The monoisotopic (exact) mass is 356 g/mol. The van der Waals surface area contributed by atoms with Crippen molar-refractivity contribution in [2.75, 3.05) is 22.5 Å². The summed E-state index contributed by atoms with van der Waals surface area (Å²) in [6.07, 6.45) is 3.07. The van der Waals surface area contributed by atoms with Crippen LogP contribution >= 0.6 is 11.8 Å². The van der Waals surface area contributed by atoms with Gasteiger partial charge < -0.3 is 10.2 Å². The molecule has 7 nitrogen and oxygen atoms in total. The molecule has 25 heavy (non-hydrogen) atoms. The van der Waals surface area contributed by atoms with Gasteiger partial charge in [0, 0.05) is 12.2 Å². The van der Waals surface area contributed by atoms with Gasteiger partial charge in [-0.25, -0.2) is 4.68 Å². The summed E-state index contributed by atoms with van der Waals surface area (Å²) in [5.41, 5.74) is 0.421. The van der Waals surface area contributed by atoms with Gasteiger partial charge in [0.05, 0.1) is 16.8 Å². The fraction of sp³-hybridized carbons (Fsp3) is 0.176. The number of para-hydroxylation sites is 1. The second-order valence-electron chi connectivity index (χ2n) is 5.32. The van der Waals surface area contributed by atoms with E-state index in [-0.39, 0.29) is 36.3 Å². The first-order chi connectivity index (χ1) is 12.1. The van der Waals surface area contributed by atoms with E-state index in [0.29, 0.717) is 10.6 Å². The van der Waals surface area contributed by atoms with Crippen molar-refractivity contribution in [2.45, 2.75) is 11.4 Å². The Balaban J connectivity index is 1.86. The van der Waals surface area contributed by atoms with Crippen molar-refractivity contribution in [1.29, 1.82) is 0 Å². The molecule has 0 saturated heterocycles. The Labute approximate surface area is 148 Å². The van der Waals surface area contributed by atoms with Crippen molar-refractivity contribution in [1.82, 2.24) is 9.78 Å². The van der Waals surface area contributed by atoms with Gasteiger partial charge in [0.2, 0.25) is 11.8 Å². The van der Waals surface area contributed by atoms with E-state index in [1.165, 1.54) is 22.9 Å². The fourth-order valence-corrected chi connectivity index (χ4v) is 3.34. The van der Waals surface area contributed by atoms with E-state index >= 15 is 0 Å². The van der Waals surface area contributed by atoms with Gasteiger partial charge in [0.1, 0.15) is 12.2 Å². The van der Waals surface area contributed by atoms with Gasteiger partial charge in [-0.15, -0.1) is 18.3 Å². The summed E-state index contributed by atoms with van der Waals surface area (Å²) in [7, 11) is 0. The van der Waals surface area contributed by atoms with E-state index in [0.717, 1.165) is 4.68 Å². The summed E-state index contributed by atoms with van der Waals surface area (Å²) in [5.74, 6) is -0.285. The minimum absolute atomic E-state index is 0.166. The number of nitrogens with zero attached hydrogens (tertiary/aromatic N) is 3. The molecule has 1 N–H and O–H groups in total. The molecule has 1 aliphatic heterocycles. The minimum Gasteiger partial charge on any atom is -0.324 e. The van der Waals surface area contributed by atoms with Crippen LogP contribution in [0.25, 0.3) is 0 Å². The molecule has 0 aliphatic carbocycles. The first-order valence-corrected chi connectivity index (χ1v) is 8.58. The SMILES string of the molecule is C=CCN1C(=O)CSc2cnn(CC(=O)Nc3ccccc3)c(=O)c21. The topological polar surface area (TPSA) is 84.3 Å². The molecule has 8 heteroatoms. The van der Waals surface area contributed by atoms with Crippen molar-refractivity contribution in [3.05, 3.63) is 59.5 Å². The van der Waals surface area contributed by atoms with Crippen LogP contribution in [-0.2, 0) is 16.1 Å². The number of carbonyl (C=O) groups excluding carboxylic acids is 2. The summed E-state index contributed by atoms with van der Waals surface area (Å²) < 4.78 is 1.06. The van der Waals surface area contributed by atoms with Crippen LogP contribution in [0.15, 0.2) is 58.9 Å². The third-order valence-electron chi connectivity index (χ3n) is 3.57. The van der Waals surface area contributed by atoms with Crippen molar-refractivity contribution < 1.29 is 9.59 Å². The number of carbonyl (C=O) groups is 2. The van der Waals surface area contributed by atoms with Gasteiger partial charge in [-0.2, -0.15) is 5.10 Å². The van der Waals surface area contributed by atoms with Crippen LogP contribution in [0.5, 0.6) is 0 Å². The predicted octanol–water partition coefficient (Wildman–Crippen LogP) is 1.51. The van der Waals surface area contributed by atoms with Crippen molar-refractivity contribution >= 4 is 35.0 Å². The van der Waals surface area contributed by atoms with Crippen molar-refractivity contribution in [3.63, 3.8) is 0 Å². The van der Waals surface area contributed by atoms with E-state index in [2.05, 4.69) is 17.0 Å². The zero-order valence-corrected chi connectivity index (χ0v) is 14.2. The summed E-state index contributed by atoms with van der Waals surface area (Å²) in [5, 5.41) is 6.75. The van der Waals surface area contributed by atoms with Gasteiger partial charge in [-0.1, -0.05) is 24.3 Å². The van der Waals surface area contributed by atoms with E-state index in [1.807, 2.05) is 6.07 Å². The maximum absolute atomic E-state index is 12.7. The maximum atomic E-state index is 12.7. The number of hydrogen-bond donors (Lipinski definition) is 1. The lowest BCUT2D eigenvalue weighted by molar-refractivity contribution is -0.117. The average Bonchev–Trinajstić information content (AvgIpc) is 2.61. The highest BCUT2D eigenvalue weighted by Crippen LogP contribution is 2.31. The third-order valence-corrected chi connectivity index (χ3v) is 4.57. The summed E-state index contributed by atoms with van der Waals surface area (Å²) in [4.78, 5) is 39.0. The number of benzene rings is 1. The third kappa shape index (κ3) is 3.63. The standard InChI is InChI=1S/C17H16N4O3S/c1-2-8-20-15(23)11-25-13-9-18-21(17(24)16(13)20)10-14(22)19-12-6-4-3-5-7-12/h2-7,9H,1,8,10-11H2,(H,19,22). The smallest absolute Gasteiger partial charge is 0.292 e. The van der Waals surface area contributed by atoms with Crippen LogP contribution in [0.2, 0.25) is 0 Å². The molecule has 0 fully saturated rings. The van der Waals surface area contributed by atoms with Gasteiger partial charge in [0.25, 0.3) is 5.56 Å². The molecule has 0 atom stereocenters. The molecule has 2 heterocycles. The summed E-state index contributed by atoms with van der Waals surface area (Å²) in [6, 6.07) is 8.95. The Hall–Kier alpha value is -2.87. The highest BCUT2D eigenvalue weighted by Gasteiger charge is 2.28. The zero-order valence-electron chi connectivity index (χ0n) is 13.3. The van der Waals surface area contributed by atoms with Crippen LogP contribution in [0.4, 0.5) is 11.4 Å². The van der Waals surface area contributed by atoms with Crippen LogP contribution in [0, 0.1) is 0 Å². The maximum Gasteiger partial charge on any atom is 0.292 e. The minimum atomic E-state index is -0.469. The Bertz CT molecular complexity index is 879. The molecule has 0 unspecified atom stereocenters. The number of hydrogen-bond acceptors (Lipinski definition) is 5. The van der Waals surface area contributed by atoms with E-state index in [4.69, 9.17) is 0 Å². The molecular weight excluding hydrogens is 340 g/mol. The molecule has 0 radical (unpaired) electrons. The van der Waals surface area contributed by atoms with E-state index in [9.17, 15) is 14.4 Å². The predicted molar refractivity (Wildman–Crippen MR) is 96.8 cm³/mol. The number of fused-ring (bicyclic) bond motifs is 1. The van der Waals surface area contributed by atoms with Gasteiger partial charge >= 0.3 is 0 Å². The lowest BCUT2D eigenvalue weighted by Gasteiger charge is -2.27. The molecule has 0 saturated carbocycles. The number of thioether (sulfide) groups is 1. The summed E-state index contributed by atoms with van der Waals surface area (Å²) in [6.45, 7) is 3.62. The molecule has 2 aromatic rings. The number of amides is 2. The fourth-order valence-electron chi connectivity index (χ4n) is 2.45. The Morgan fingerprint density at radius 1 is 1.32 bits per heavy atom. The lowest BCUT2D eigenvalue weighted by atomic mass is 10.3. The molecule has 2 amide bonds. The largest absolute Gasteiger partial charge is 0.324 e. The highest BCUT2D eigenvalue weighted by atomic mass is 32.2. The van der Waals surface area contributed by atoms with E-state index < -0.39 is 5.56 Å². The van der Waals surface area contributed by atoms with Gasteiger partial charge in [-0.3, -0.25) is 14.4 Å².